The molecule has 0 spiro atoms. The predicted octanol–water partition coefficient (Wildman–Crippen LogP) is 2.90. The summed E-state index contributed by atoms with van der Waals surface area (Å²) in [5.74, 6) is 1.65. The first-order chi connectivity index (χ1) is 7.01. The molecule has 0 aromatic carbocycles. The number of likely N-dealkylation sites (tertiary alicyclic amines) is 1. The summed E-state index contributed by atoms with van der Waals surface area (Å²) in [5, 5.41) is 0. The van der Waals surface area contributed by atoms with Crippen LogP contribution in [0.1, 0.15) is 40.0 Å². The van der Waals surface area contributed by atoms with Gasteiger partial charge in [0, 0.05) is 24.4 Å². The molecule has 1 aliphatic rings. The van der Waals surface area contributed by atoms with Crippen LogP contribution in [0.3, 0.4) is 0 Å². The summed E-state index contributed by atoms with van der Waals surface area (Å²) in [4.78, 5) is 14.1. The molecular weight excluding hydrogens is 210 g/mol. The van der Waals surface area contributed by atoms with Crippen molar-refractivity contribution >= 4 is 17.5 Å². The first-order valence-electron chi connectivity index (χ1n) is 5.86. The van der Waals surface area contributed by atoms with Crippen LogP contribution in [0.4, 0.5) is 0 Å². The standard InChI is InChI=1S/C12H22ClNO/c1-4-12(2,3)11(15)14-7-5-10(9-13)6-8-14/h10H,4-9H2,1-3H3. The summed E-state index contributed by atoms with van der Waals surface area (Å²) in [7, 11) is 0. The van der Waals surface area contributed by atoms with Crippen molar-refractivity contribution in [2.45, 2.75) is 40.0 Å². The van der Waals surface area contributed by atoms with Crippen molar-refractivity contribution in [3.63, 3.8) is 0 Å². The van der Waals surface area contributed by atoms with Crippen LogP contribution in [0.25, 0.3) is 0 Å². The Bertz CT molecular complexity index is 220. The number of piperidine rings is 1. The van der Waals surface area contributed by atoms with Crippen LogP contribution in [0.2, 0.25) is 0 Å². The fourth-order valence-corrected chi connectivity index (χ4v) is 2.18. The maximum absolute atomic E-state index is 12.1. The second kappa shape index (κ2) is 5.20. The van der Waals surface area contributed by atoms with Crippen molar-refractivity contribution in [1.82, 2.24) is 4.90 Å². The van der Waals surface area contributed by atoms with E-state index in [0.29, 0.717) is 11.8 Å². The fraction of sp³-hybridized carbons (Fsp3) is 0.917. The Morgan fingerprint density at radius 2 is 1.93 bits per heavy atom. The van der Waals surface area contributed by atoms with E-state index in [2.05, 4.69) is 6.92 Å². The van der Waals surface area contributed by atoms with Gasteiger partial charge in [-0.2, -0.15) is 0 Å². The maximum Gasteiger partial charge on any atom is 0.228 e. The van der Waals surface area contributed by atoms with E-state index in [1.165, 1.54) is 0 Å². The van der Waals surface area contributed by atoms with E-state index in [4.69, 9.17) is 11.6 Å². The Hall–Kier alpha value is -0.240. The summed E-state index contributed by atoms with van der Waals surface area (Å²) in [6.07, 6.45) is 3.03. The highest BCUT2D eigenvalue weighted by Gasteiger charge is 2.32. The fourth-order valence-electron chi connectivity index (χ4n) is 1.87. The highest BCUT2D eigenvalue weighted by Crippen LogP contribution is 2.26. The number of hydrogen-bond acceptors (Lipinski definition) is 1. The molecule has 1 aliphatic heterocycles. The van der Waals surface area contributed by atoms with E-state index in [9.17, 15) is 4.79 Å². The molecule has 1 heterocycles. The SMILES string of the molecule is CCC(C)(C)C(=O)N1CCC(CCl)CC1. The summed E-state index contributed by atoms with van der Waals surface area (Å²) in [6, 6.07) is 0. The lowest BCUT2D eigenvalue weighted by Gasteiger charge is -2.36. The smallest absolute Gasteiger partial charge is 0.228 e. The Labute approximate surface area is 98.0 Å². The normalized spacial score (nSPS) is 19.3. The van der Waals surface area contributed by atoms with E-state index in [0.717, 1.165) is 38.2 Å². The van der Waals surface area contributed by atoms with Crippen molar-refractivity contribution in [1.29, 1.82) is 0 Å². The molecule has 0 bridgehead atoms. The average molecular weight is 232 g/mol. The predicted molar refractivity (Wildman–Crippen MR) is 64.1 cm³/mol. The zero-order valence-electron chi connectivity index (χ0n) is 10.1. The quantitative estimate of drug-likeness (QED) is 0.684. The molecule has 0 aromatic heterocycles. The van der Waals surface area contributed by atoms with Crippen LogP contribution in [-0.4, -0.2) is 29.8 Å². The van der Waals surface area contributed by atoms with Gasteiger partial charge >= 0.3 is 0 Å². The number of carbonyl (C=O) groups excluding carboxylic acids is 1. The van der Waals surface area contributed by atoms with Gasteiger partial charge in [0.25, 0.3) is 0 Å². The van der Waals surface area contributed by atoms with Gasteiger partial charge in [0.05, 0.1) is 0 Å². The molecule has 0 aliphatic carbocycles. The average Bonchev–Trinajstić information content (AvgIpc) is 2.28. The second-order valence-electron chi connectivity index (χ2n) is 5.13. The number of carbonyl (C=O) groups is 1. The van der Waals surface area contributed by atoms with Gasteiger partial charge in [0.1, 0.15) is 0 Å². The van der Waals surface area contributed by atoms with Crippen LogP contribution in [0.15, 0.2) is 0 Å². The van der Waals surface area contributed by atoms with E-state index < -0.39 is 0 Å². The minimum Gasteiger partial charge on any atom is -0.342 e. The molecule has 3 heteroatoms. The zero-order chi connectivity index (χ0) is 11.5. The Kier molecular flexibility index (Phi) is 4.45. The molecule has 1 fully saturated rings. The van der Waals surface area contributed by atoms with Crippen molar-refractivity contribution in [2.24, 2.45) is 11.3 Å². The van der Waals surface area contributed by atoms with Crippen molar-refractivity contribution in [3.8, 4) is 0 Å². The van der Waals surface area contributed by atoms with Crippen molar-refractivity contribution in [2.75, 3.05) is 19.0 Å². The van der Waals surface area contributed by atoms with Gasteiger partial charge in [-0.25, -0.2) is 0 Å². The van der Waals surface area contributed by atoms with E-state index >= 15 is 0 Å². The highest BCUT2D eigenvalue weighted by atomic mass is 35.5. The molecule has 0 atom stereocenters. The van der Waals surface area contributed by atoms with Gasteiger partial charge in [-0.3, -0.25) is 4.79 Å². The molecule has 0 aromatic rings. The number of amides is 1. The summed E-state index contributed by atoms with van der Waals surface area (Å²) in [6.45, 7) is 7.91. The molecule has 1 rings (SSSR count). The Morgan fingerprint density at radius 1 is 1.40 bits per heavy atom. The minimum absolute atomic E-state index is 0.201. The molecule has 15 heavy (non-hydrogen) atoms. The topological polar surface area (TPSA) is 20.3 Å². The van der Waals surface area contributed by atoms with Crippen LogP contribution < -0.4 is 0 Å². The van der Waals surface area contributed by atoms with Crippen LogP contribution in [0.5, 0.6) is 0 Å². The van der Waals surface area contributed by atoms with Crippen molar-refractivity contribution in [3.05, 3.63) is 0 Å². The molecule has 0 N–H and O–H groups in total. The molecule has 1 saturated heterocycles. The number of hydrogen-bond donors (Lipinski definition) is 0. The lowest BCUT2D eigenvalue weighted by molar-refractivity contribution is -0.141. The molecule has 0 saturated carbocycles. The van der Waals surface area contributed by atoms with Gasteiger partial charge in [-0.15, -0.1) is 11.6 Å². The van der Waals surface area contributed by atoms with E-state index in [1.807, 2.05) is 18.7 Å². The number of nitrogens with zero attached hydrogens (tertiary/aromatic N) is 1. The number of alkyl halides is 1. The van der Waals surface area contributed by atoms with Crippen LogP contribution >= 0.6 is 11.6 Å². The molecular formula is C12H22ClNO. The largest absolute Gasteiger partial charge is 0.342 e. The maximum atomic E-state index is 12.1. The summed E-state index contributed by atoms with van der Waals surface area (Å²) in [5.41, 5.74) is -0.201. The molecule has 2 nitrogen and oxygen atoms in total. The lowest BCUT2D eigenvalue weighted by Crippen LogP contribution is -2.45. The first kappa shape index (κ1) is 12.8. The minimum atomic E-state index is -0.201. The van der Waals surface area contributed by atoms with E-state index in [-0.39, 0.29) is 5.41 Å². The highest BCUT2D eigenvalue weighted by molar-refractivity contribution is 6.18. The van der Waals surface area contributed by atoms with Crippen LogP contribution in [0, 0.1) is 11.3 Å². The molecule has 88 valence electrons. The third-order valence-electron chi connectivity index (χ3n) is 3.58. The third kappa shape index (κ3) is 3.10. The van der Waals surface area contributed by atoms with E-state index in [1.54, 1.807) is 0 Å². The first-order valence-corrected chi connectivity index (χ1v) is 6.40. The summed E-state index contributed by atoms with van der Waals surface area (Å²) >= 11 is 5.82. The lowest BCUT2D eigenvalue weighted by atomic mass is 9.87. The zero-order valence-corrected chi connectivity index (χ0v) is 10.8. The molecule has 0 unspecified atom stereocenters. The number of rotatable bonds is 3. The van der Waals surface area contributed by atoms with Gasteiger partial charge in [-0.1, -0.05) is 20.8 Å². The Morgan fingerprint density at radius 3 is 2.33 bits per heavy atom. The van der Waals surface area contributed by atoms with Gasteiger partial charge in [-0.05, 0) is 25.2 Å². The molecule has 1 amide bonds. The van der Waals surface area contributed by atoms with Gasteiger partial charge in [0.2, 0.25) is 5.91 Å². The van der Waals surface area contributed by atoms with Gasteiger partial charge < -0.3 is 4.90 Å². The van der Waals surface area contributed by atoms with Crippen molar-refractivity contribution < 1.29 is 4.79 Å². The summed E-state index contributed by atoms with van der Waals surface area (Å²) < 4.78 is 0. The van der Waals surface area contributed by atoms with Crippen LogP contribution in [-0.2, 0) is 4.79 Å². The monoisotopic (exact) mass is 231 g/mol. The molecule has 0 radical (unpaired) electrons. The third-order valence-corrected chi connectivity index (χ3v) is 4.02. The van der Waals surface area contributed by atoms with Gasteiger partial charge in [0.15, 0.2) is 0 Å². The second-order valence-corrected chi connectivity index (χ2v) is 5.44. The Balaban J connectivity index is 2.50. The number of halogens is 1.